The number of nitrogens with zero attached hydrogens (tertiary/aromatic N) is 2. The van der Waals surface area contributed by atoms with Gasteiger partial charge >= 0.3 is 5.97 Å². The molecule has 1 aliphatic rings. The molecule has 8 heteroatoms. The summed E-state index contributed by atoms with van der Waals surface area (Å²) in [5.41, 5.74) is 0.339. The molecular formula is C15H12N2O4S2. The van der Waals surface area contributed by atoms with Crippen molar-refractivity contribution in [3.05, 3.63) is 43.7 Å². The average molecular weight is 348 g/mol. The van der Waals surface area contributed by atoms with Crippen LogP contribution in [0.4, 0.5) is 0 Å². The van der Waals surface area contributed by atoms with Crippen molar-refractivity contribution in [1.82, 2.24) is 4.57 Å². The van der Waals surface area contributed by atoms with Crippen molar-refractivity contribution in [1.29, 1.82) is 0 Å². The van der Waals surface area contributed by atoms with E-state index in [1.54, 1.807) is 24.3 Å². The van der Waals surface area contributed by atoms with Crippen molar-refractivity contribution >= 4 is 41.0 Å². The molecule has 23 heavy (non-hydrogen) atoms. The molecule has 0 saturated carbocycles. The van der Waals surface area contributed by atoms with Crippen molar-refractivity contribution in [2.75, 3.05) is 7.11 Å². The van der Waals surface area contributed by atoms with E-state index >= 15 is 0 Å². The van der Waals surface area contributed by atoms with Crippen molar-refractivity contribution < 1.29 is 19.4 Å². The maximum Gasteiger partial charge on any atom is 0.307 e. The number of carbonyl (C=O) groups excluding carboxylic acids is 2. The number of carbonyl (C=O) groups is 2. The Hall–Kier alpha value is -2.32. The first-order chi connectivity index (χ1) is 11.0. The van der Waals surface area contributed by atoms with Gasteiger partial charge < -0.3 is 9.84 Å². The van der Waals surface area contributed by atoms with Gasteiger partial charge in [-0.3, -0.25) is 14.2 Å². The molecule has 118 valence electrons. The number of aromatic hydroxyl groups is 1. The number of aromatic nitrogens is 1. The molecule has 3 rings (SSSR count). The number of hydrogen-bond acceptors (Lipinski definition) is 6. The Labute approximate surface area is 140 Å². The van der Waals surface area contributed by atoms with Crippen LogP contribution in [0.15, 0.2) is 29.3 Å². The highest BCUT2D eigenvalue weighted by molar-refractivity contribution is 7.73. The summed E-state index contributed by atoms with van der Waals surface area (Å²) in [7, 11) is 1.30. The van der Waals surface area contributed by atoms with Crippen molar-refractivity contribution in [3.63, 3.8) is 0 Å². The summed E-state index contributed by atoms with van der Waals surface area (Å²) < 4.78 is 6.39. The topological polar surface area (TPSA) is 80.9 Å². The minimum Gasteiger partial charge on any atom is -0.493 e. The fraction of sp³-hybridized carbons (Fsp3) is 0.200. The number of thiazole rings is 1. The van der Waals surface area contributed by atoms with E-state index in [0.717, 1.165) is 11.3 Å². The summed E-state index contributed by atoms with van der Waals surface area (Å²) in [6.07, 6.45) is 0.0821. The number of fused-ring (bicyclic) bond motifs is 1. The van der Waals surface area contributed by atoms with Gasteiger partial charge in [-0.05, 0) is 18.3 Å². The van der Waals surface area contributed by atoms with Crippen LogP contribution in [0.1, 0.15) is 11.3 Å². The summed E-state index contributed by atoms with van der Waals surface area (Å²) in [6.45, 7) is 0.189. The van der Waals surface area contributed by atoms with Crippen LogP contribution in [0, 0.1) is 3.95 Å². The Morgan fingerprint density at radius 3 is 2.91 bits per heavy atom. The highest BCUT2D eigenvalue weighted by atomic mass is 32.1. The molecule has 2 heterocycles. The fourth-order valence-corrected chi connectivity index (χ4v) is 3.74. The van der Waals surface area contributed by atoms with Gasteiger partial charge in [-0.15, -0.1) is 11.3 Å². The summed E-state index contributed by atoms with van der Waals surface area (Å²) in [6, 6.07) is 7.12. The van der Waals surface area contributed by atoms with E-state index in [1.165, 1.54) is 11.7 Å². The normalized spacial score (nSPS) is 12.9. The van der Waals surface area contributed by atoms with Gasteiger partial charge in [-0.25, -0.2) is 4.99 Å². The zero-order chi connectivity index (χ0) is 16.6. The second kappa shape index (κ2) is 6.05. The van der Waals surface area contributed by atoms with E-state index in [4.69, 9.17) is 12.2 Å². The van der Waals surface area contributed by atoms with Gasteiger partial charge in [-0.2, -0.15) is 0 Å². The lowest BCUT2D eigenvalue weighted by atomic mass is 10.1. The number of hydrogen-bond donors (Lipinski definition) is 1. The molecule has 6 nitrogen and oxygen atoms in total. The zero-order valence-corrected chi connectivity index (χ0v) is 13.7. The summed E-state index contributed by atoms with van der Waals surface area (Å²) in [4.78, 5) is 27.8. The molecule has 0 unspecified atom stereocenters. The Morgan fingerprint density at radius 2 is 2.17 bits per heavy atom. The van der Waals surface area contributed by atoms with Gasteiger partial charge in [0.05, 0.1) is 24.5 Å². The molecule has 0 fully saturated rings. The van der Waals surface area contributed by atoms with Gasteiger partial charge in [0.15, 0.2) is 3.95 Å². The molecule has 0 aliphatic carbocycles. The predicted octanol–water partition coefficient (Wildman–Crippen LogP) is 0.907. The fourth-order valence-electron chi connectivity index (χ4n) is 2.34. The average Bonchev–Trinajstić information content (AvgIpc) is 3.01. The van der Waals surface area contributed by atoms with E-state index < -0.39 is 11.9 Å². The van der Waals surface area contributed by atoms with Crippen LogP contribution in [-0.2, 0) is 20.9 Å². The van der Waals surface area contributed by atoms with Crippen LogP contribution in [-0.4, -0.2) is 28.7 Å². The number of amides is 1. The molecule has 1 N–H and O–H groups in total. The minimum absolute atomic E-state index is 0.0821. The zero-order valence-electron chi connectivity index (χ0n) is 12.1. The number of rotatable bonds is 4. The second-order valence-electron chi connectivity index (χ2n) is 4.81. The Morgan fingerprint density at radius 1 is 1.43 bits per heavy atom. The van der Waals surface area contributed by atoms with E-state index in [9.17, 15) is 14.7 Å². The van der Waals surface area contributed by atoms with Crippen LogP contribution in [0.3, 0.4) is 0 Å². The van der Waals surface area contributed by atoms with Crippen molar-refractivity contribution in [2.24, 2.45) is 4.99 Å². The maximum atomic E-state index is 12.2. The molecule has 0 bridgehead atoms. The van der Waals surface area contributed by atoms with Gasteiger partial charge in [0.2, 0.25) is 5.88 Å². The third-order valence-electron chi connectivity index (χ3n) is 3.47. The van der Waals surface area contributed by atoms with E-state index in [1.807, 2.05) is 0 Å². The standard InChI is InChI=1S/C15H12N2O4S2/c1-21-10(18)6-7-17-14(20)12(23-15(17)22)11-8-4-2-3-5-9(8)16-13(11)19/h2-5,20H,6-7H2,1H3. The van der Waals surface area contributed by atoms with Gasteiger partial charge in [0, 0.05) is 11.8 Å². The molecule has 1 aromatic carbocycles. The number of benzene rings is 1. The number of methoxy groups -OCH3 is 1. The first kappa shape index (κ1) is 15.6. The highest BCUT2D eigenvalue weighted by Gasteiger charge is 2.25. The molecule has 1 aromatic heterocycles. The van der Waals surface area contributed by atoms with Crippen LogP contribution in [0.25, 0.3) is 5.57 Å². The molecule has 1 aliphatic heterocycles. The van der Waals surface area contributed by atoms with E-state index in [2.05, 4.69) is 9.73 Å². The minimum atomic E-state index is -0.405. The van der Waals surface area contributed by atoms with Crippen molar-refractivity contribution in [2.45, 2.75) is 13.0 Å². The molecule has 0 radical (unpaired) electrons. The number of ether oxygens (including phenoxy) is 1. The molecule has 0 atom stereocenters. The van der Waals surface area contributed by atoms with Gasteiger partial charge in [0.1, 0.15) is 4.88 Å². The Kier molecular flexibility index (Phi) is 4.10. The van der Waals surface area contributed by atoms with Crippen LogP contribution < -0.4 is 10.6 Å². The quantitative estimate of drug-likeness (QED) is 0.656. The molecule has 1 amide bonds. The lowest BCUT2D eigenvalue weighted by Gasteiger charge is -2.04. The third kappa shape index (κ3) is 2.71. The first-order valence-electron chi connectivity index (χ1n) is 6.75. The van der Waals surface area contributed by atoms with Gasteiger partial charge in [0.25, 0.3) is 5.91 Å². The van der Waals surface area contributed by atoms with Crippen LogP contribution >= 0.6 is 23.6 Å². The van der Waals surface area contributed by atoms with Crippen LogP contribution in [0.5, 0.6) is 5.88 Å². The summed E-state index contributed by atoms with van der Waals surface area (Å²) in [5, 5.41) is 11.7. The Bertz CT molecular complexity index is 988. The largest absolute Gasteiger partial charge is 0.493 e. The van der Waals surface area contributed by atoms with E-state index in [0.29, 0.717) is 25.0 Å². The predicted molar refractivity (Wildman–Crippen MR) is 86.2 cm³/mol. The molecule has 0 saturated heterocycles. The molecule has 0 spiro atoms. The lowest BCUT2D eigenvalue weighted by molar-refractivity contribution is -0.140. The SMILES string of the molecule is COC(=O)CCn1c(O)c(C2=c3ccccc3=NC2=O)sc1=S. The van der Waals surface area contributed by atoms with E-state index in [-0.39, 0.29) is 18.8 Å². The van der Waals surface area contributed by atoms with Crippen molar-refractivity contribution in [3.8, 4) is 5.88 Å². The first-order valence-corrected chi connectivity index (χ1v) is 7.97. The Balaban J connectivity index is 2.10. The molecular weight excluding hydrogens is 336 g/mol. The summed E-state index contributed by atoms with van der Waals surface area (Å²) in [5.74, 6) is -0.930. The molecule has 2 aromatic rings. The second-order valence-corrected chi connectivity index (χ2v) is 6.45. The number of esters is 1. The summed E-state index contributed by atoms with van der Waals surface area (Å²) >= 11 is 6.36. The monoisotopic (exact) mass is 348 g/mol. The van der Waals surface area contributed by atoms with Crippen LogP contribution in [0.2, 0.25) is 0 Å². The third-order valence-corrected chi connectivity index (χ3v) is 4.93. The smallest absolute Gasteiger partial charge is 0.307 e. The highest BCUT2D eigenvalue weighted by Crippen LogP contribution is 2.32. The maximum absolute atomic E-state index is 12.2. The number of para-hydroxylation sites is 1. The lowest BCUT2D eigenvalue weighted by Crippen LogP contribution is -2.22. The van der Waals surface area contributed by atoms with Gasteiger partial charge in [-0.1, -0.05) is 18.2 Å².